The smallest absolute Gasteiger partial charge is 0.319 e. The predicted octanol–water partition coefficient (Wildman–Crippen LogP) is 2.59. The summed E-state index contributed by atoms with van der Waals surface area (Å²) in [6.45, 7) is 0. The van der Waals surface area contributed by atoms with Crippen molar-refractivity contribution in [3.63, 3.8) is 0 Å². The standard InChI is InChI=1S/C16H15F2N5O2/c1-22-7-11(13(21-22)14(17)18)19-15(24)8-2-5-10-12(6-8)23(9-3-4-9)16(25)20-10/h2,5-7,9,14H,3-4H2,1H3,(H,19,24)(H,20,25). The highest BCUT2D eigenvalue weighted by atomic mass is 19.3. The van der Waals surface area contributed by atoms with Gasteiger partial charge >= 0.3 is 5.69 Å². The molecule has 7 nitrogen and oxygen atoms in total. The molecule has 2 aromatic heterocycles. The van der Waals surface area contributed by atoms with Gasteiger partial charge in [0.05, 0.1) is 16.7 Å². The number of fused-ring (bicyclic) bond motifs is 1. The van der Waals surface area contributed by atoms with Crippen LogP contribution in [-0.2, 0) is 7.05 Å². The number of aryl methyl sites for hydroxylation is 1. The van der Waals surface area contributed by atoms with E-state index in [4.69, 9.17) is 0 Å². The van der Waals surface area contributed by atoms with Crippen LogP contribution in [0.4, 0.5) is 14.5 Å². The van der Waals surface area contributed by atoms with E-state index >= 15 is 0 Å². The number of rotatable bonds is 4. The van der Waals surface area contributed by atoms with Gasteiger partial charge < -0.3 is 10.3 Å². The third kappa shape index (κ3) is 2.71. The molecule has 0 unspecified atom stereocenters. The van der Waals surface area contributed by atoms with Gasteiger partial charge in [-0.1, -0.05) is 0 Å². The third-order valence-corrected chi connectivity index (χ3v) is 4.20. The highest BCUT2D eigenvalue weighted by molar-refractivity contribution is 6.06. The van der Waals surface area contributed by atoms with Crippen LogP contribution in [0, 0.1) is 0 Å². The fourth-order valence-corrected chi connectivity index (χ4v) is 2.92. The number of amides is 1. The molecule has 1 aromatic carbocycles. The minimum atomic E-state index is -2.79. The Morgan fingerprint density at radius 3 is 2.84 bits per heavy atom. The van der Waals surface area contributed by atoms with E-state index in [1.165, 1.54) is 17.9 Å². The van der Waals surface area contributed by atoms with Crippen molar-refractivity contribution >= 4 is 22.6 Å². The Labute approximate surface area is 140 Å². The molecule has 0 bridgehead atoms. The first-order chi connectivity index (χ1) is 11.9. The number of carbonyl (C=O) groups excluding carboxylic acids is 1. The number of imidazole rings is 1. The molecule has 0 radical (unpaired) electrons. The molecule has 130 valence electrons. The number of carbonyl (C=O) groups is 1. The number of halogens is 2. The van der Waals surface area contributed by atoms with Crippen molar-refractivity contribution in [2.45, 2.75) is 25.3 Å². The van der Waals surface area contributed by atoms with Gasteiger partial charge in [-0.3, -0.25) is 14.0 Å². The molecule has 0 aliphatic heterocycles. The minimum absolute atomic E-state index is 0.0313. The molecule has 0 saturated heterocycles. The zero-order valence-electron chi connectivity index (χ0n) is 13.3. The first-order valence-electron chi connectivity index (χ1n) is 7.81. The number of nitrogens with one attached hydrogen (secondary N) is 2. The Bertz CT molecular complexity index is 1030. The number of nitrogens with zero attached hydrogens (tertiary/aromatic N) is 3. The number of H-pyrrole nitrogens is 1. The van der Waals surface area contributed by atoms with Crippen LogP contribution in [0.2, 0.25) is 0 Å². The molecule has 3 aromatic rings. The van der Waals surface area contributed by atoms with E-state index in [2.05, 4.69) is 15.4 Å². The maximum atomic E-state index is 13.0. The Hall–Kier alpha value is -2.97. The van der Waals surface area contributed by atoms with Crippen LogP contribution in [-0.4, -0.2) is 25.2 Å². The molecular weight excluding hydrogens is 332 g/mol. The SMILES string of the molecule is Cn1cc(NC(=O)c2ccc3[nH]c(=O)n(C4CC4)c3c2)c(C(F)F)n1. The highest BCUT2D eigenvalue weighted by Crippen LogP contribution is 2.35. The second kappa shape index (κ2) is 5.54. The number of benzene rings is 1. The van der Waals surface area contributed by atoms with E-state index in [1.807, 2.05) is 0 Å². The molecule has 9 heteroatoms. The van der Waals surface area contributed by atoms with Gasteiger partial charge in [-0.25, -0.2) is 13.6 Å². The summed E-state index contributed by atoms with van der Waals surface area (Å²) in [4.78, 5) is 27.2. The molecule has 2 heterocycles. The van der Waals surface area contributed by atoms with Gasteiger partial charge in [-0.05, 0) is 31.0 Å². The summed E-state index contributed by atoms with van der Waals surface area (Å²) in [6, 6.07) is 4.94. The van der Waals surface area contributed by atoms with Crippen LogP contribution in [0.25, 0.3) is 11.0 Å². The van der Waals surface area contributed by atoms with Gasteiger partial charge in [0.1, 0.15) is 0 Å². The van der Waals surface area contributed by atoms with Crippen LogP contribution in [0.3, 0.4) is 0 Å². The molecule has 1 aliphatic rings. The van der Waals surface area contributed by atoms with Crippen molar-refractivity contribution in [3.8, 4) is 0 Å². The van der Waals surface area contributed by atoms with E-state index in [0.717, 1.165) is 12.8 Å². The topological polar surface area (TPSA) is 84.7 Å². The summed E-state index contributed by atoms with van der Waals surface area (Å²) in [7, 11) is 1.50. The van der Waals surface area contributed by atoms with Gasteiger partial charge in [-0.15, -0.1) is 0 Å². The van der Waals surface area contributed by atoms with Gasteiger partial charge in [0.25, 0.3) is 12.3 Å². The molecule has 0 atom stereocenters. The fraction of sp³-hybridized carbons (Fsp3) is 0.312. The lowest BCUT2D eigenvalue weighted by Gasteiger charge is -2.06. The molecule has 0 spiro atoms. The number of alkyl halides is 2. The molecular formula is C16H15F2N5O2. The molecule has 2 N–H and O–H groups in total. The first-order valence-corrected chi connectivity index (χ1v) is 7.81. The van der Waals surface area contributed by atoms with E-state index in [0.29, 0.717) is 11.0 Å². The lowest BCUT2D eigenvalue weighted by atomic mass is 10.2. The number of hydrogen-bond donors (Lipinski definition) is 2. The quantitative estimate of drug-likeness (QED) is 0.761. The summed E-state index contributed by atoms with van der Waals surface area (Å²) in [5.41, 5.74) is 0.848. The van der Waals surface area contributed by atoms with E-state index < -0.39 is 18.0 Å². The number of hydrogen-bond acceptors (Lipinski definition) is 3. The Kier molecular flexibility index (Phi) is 3.45. The maximum absolute atomic E-state index is 13.0. The molecule has 1 aliphatic carbocycles. The van der Waals surface area contributed by atoms with Gasteiger partial charge in [0.2, 0.25) is 0 Å². The lowest BCUT2D eigenvalue weighted by Crippen LogP contribution is -2.15. The monoisotopic (exact) mass is 347 g/mol. The Balaban J connectivity index is 1.69. The molecule has 1 amide bonds. The average Bonchev–Trinajstić information content (AvgIpc) is 3.23. The zero-order chi connectivity index (χ0) is 17.7. The molecule has 4 rings (SSSR count). The summed E-state index contributed by atoms with van der Waals surface area (Å²) in [5, 5.41) is 6.12. The molecule has 25 heavy (non-hydrogen) atoms. The van der Waals surface area contributed by atoms with E-state index in [-0.39, 0.29) is 23.0 Å². The van der Waals surface area contributed by atoms with E-state index in [9.17, 15) is 18.4 Å². The summed E-state index contributed by atoms with van der Waals surface area (Å²) in [6.07, 6.45) is 0.394. The Morgan fingerprint density at radius 2 is 2.16 bits per heavy atom. The minimum Gasteiger partial charge on any atom is -0.319 e. The second-order valence-electron chi connectivity index (χ2n) is 6.12. The predicted molar refractivity (Wildman–Crippen MR) is 86.9 cm³/mol. The van der Waals surface area contributed by atoms with Gasteiger partial charge in [-0.2, -0.15) is 5.10 Å². The Morgan fingerprint density at radius 1 is 1.40 bits per heavy atom. The van der Waals surface area contributed by atoms with Crippen molar-refractivity contribution in [1.29, 1.82) is 0 Å². The highest BCUT2D eigenvalue weighted by Gasteiger charge is 2.27. The van der Waals surface area contributed by atoms with Crippen LogP contribution in [0.1, 0.15) is 41.4 Å². The lowest BCUT2D eigenvalue weighted by molar-refractivity contribution is 0.102. The van der Waals surface area contributed by atoms with Crippen LogP contribution in [0.5, 0.6) is 0 Å². The van der Waals surface area contributed by atoms with Crippen molar-refractivity contribution in [3.05, 3.63) is 46.1 Å². The molecule has 1 fully saturated rings. The number of aromatic nitrogens is 4. The van der Waals surface area contributed by atoms with Crippen LogP contribution in [0.15, 0.2) is 29.2 Å². The maximum Gasteiger partial charge on any atom is 0.326 e. The van der Waals surface area contributed by atoms with Crippen molar-refractivity contribution in [1.82, 2.24) is 19.3 Å². The summed E-state index contributed by atoms with van der Waals surface area (Å²) >= 11 is 0. The van der Waals surface area contributed by atoms with Crippen LogP contribution < -0.4 is 11.0 Å². The summed E-state index contributed by atoms with van der Waals surface area (Å²) < 4.78 is 28.8. The van der Waals surface area contributed by atoms with Gasteiger partial charge in [0.15, 0.2) is 5.69 Å². The van der Waals surface area contributed by atoms with E-state index in [1.54, 1.807) is 22.8 Å². The van der Waals surface area contributed by atoms with Crippen LogP contribution >= 0.6 is 0 Å². The zero-order valence-corrected chi connectivity index (χ0v) is 13.3. The average molecular weight is 347 g/mol. The fourth-order valence-electron chi connectivity index (χ4n) is 2.92. The first kappa shape index (κ1) is 15.6. The van der Waals surface area contributed by atoms with Crippen molar-refractivity contribution in [2.75, 3.05) is 5.32 Å². The van der Waals surface area contributed by atoms with Crippen molar-refractivity contribution < 1.29 is 13.6 Å². The summed E-state index contributed by atoms with van der Waals surface area (Å²) in [5.74, 6) is -0.534. The second-order valence-corrected chi connectivity index (χ2v) is 6.12. The number of aromatic amines is 1. The largest absolute Gasteiger partial charge is 0.326 e. The van der Waals surface area contributed by atoms with Crippen molar-refractivity contribution in [2.24, 2.45) is 7.05 Å². The normalized spacial score (nSPS) is 14.4. The third-order valence-electron chi connectivity index (χ3n) is 4.20. The molecule has 1 saturated carbocycles. The number of anilines is 1. The van der Waals surface area contributed by atoms with Gasteiger partial charge in [0, 0.05) is 24.8 Å².